The zero-order valence-corrected chi connectivity index (χ0v) is 13.5. The summed E-state index contributed by atoms with van der Waals surface area (Å²) in [6.07, 6.45) is 13.7. The maximum Gasteiger partial charge on any atom is 0.120 e. The highest BCUT2D eigenvalue weighted by Gasteiger charge is 2.21. The van der Waals surface area contributed by atoms with Crippen molar-refractivity contribution in [3.05, 3.63) is 35.4 Å². The Morgan fingerprint density at radius 1 is 1.05 bits per heavy atom. The maximum atomic E-state index is 10.4. The summed E-state index contributed by atoms with van der Waals surface area (Å²) >= 11 is 0. The zero-order chi connectivity index (χ0) is 14.9. The van der Waals surface area contributed by atoms with Gasteiger partial charge < -0.3 is 4.79 Å². The highest BCUT2D eigenvalue weighted by atomic mass is 16.1. The number of aldehydes is 1. The lowest BCUT2D eigenvalue weighted by molar-refractivity contribution is -0.107. The lowest BCUT2D eigenvalue weighted by Crippen LogP contribution is -2.13. The predicted molar refractivity (Wildman–Crippen MR) is 89.7 cm³/mol. The van der Waals surface area contributed by atoms with Crippen molar-refractivity contribution in [2.75, 3.05) is 0 Å². The number of aryl methyl sites for hydroxylation is 1. The quantitative estimate of drug-likeness (QED) is 0.444. The van der Waals surface area contributed by atoms with Crippen LogP contribution < -0.4 is 0 Å². The molecule has 1 aliphatic rings. The predicted octanol–water partition coefficient (Wildman–Crippen LogP) is 5.67. The Morgan fingerprint density at radius 3 is 2.38 bits per heavy atom. The van der Waals surface area contributed by atoms with Crippen LogP contribution in [-0.4, -0.2) is 6.29 Å². The average molecular weight is 286 g/mol. The fraction of sp³-hybridized carbons (Fsp3) is 0.650. The summed E-state index contributed by atoms with van der Waals surface area (Å²) in [7, 11) is 0. The molecule has 0 spiro atoms. The Hall–Kier alpha value is -1.11. The smallest absolute Gasteiger partial charge is 0.120 e. The van der Waals surface area contributed by atoms with E-state index in [0.717, 1.165) is 24.5 Å². The van der Waals surface area contributed by atoms with Gasteiger partial charge in [0.05, 0.1) is 0 Å². The van der Waals surface area contributed by atoms with Crippen molar-refractivity contribution in [2.24, 2.45) is 5.92 Å². The van der Waals surface area contributed by atoms with Crippen molar-refractivity contribution >= 4 is 6.29 Å². The van der Waals surface area contributed by atoms with E-state index < -0.39 is 0 Å². The van der Waals surface area contributed by atoms with Crippen molar-refractivity contribution in [1.82, 2.24) is 0 Å². The second kappa shape index (κ2) is 9.02. The Balaban J connectivity index is 1.77. The Morgan fingerprint density at radius 2 is 1.76 bits per heavy atom. The van der Waals surface area contributed by atoms with Crippen LogP contribution in [0.5, 0.6) is 0 Å². The van der Waals surface area contributed by atoms with E-state index in [1.54, 1.807) is 0 Å². The van der Waals surface area contributed by atoms with E-state index in [-0.39, 0.29) is 0 Å². The molecule has 1 nitrogen and oxygen atoms in total. The van der Waals surface area contributed by atoms with Crippen molar-refractivity contribution in [3.8, 4) is 0 Å². The molecule has 1 aliphatic carbocycles. The van der Waals surface area contributed by atoms with Crippen molar-refractivity contribution in [2.45, 2.75) is 77.0 Å². The van der Waals surface area contributed by atoms with Gasteiger partial charge in [0.2, 0.25) is 0 Å². The molecule has 0 heterocycles. The van der Waals surface area contributed by atoms with E-state index in [4.69, 9.17) is 0 Å². The van der Waals surface area contributed by atoms with E-state index in [2.05, 4.69) is 31.2 Å². The van der Waals surface area contributed by atoms with E-state index in [0.29, 0.717) is 6.42 Å². The van der Waals surface area contributed by atoms with Crippen LogP contribution in [0, 0.1) is 5.92 Å². The molecule has 0 saturated heterocycles. The van der Waals surface area contributed by atoms with Gasteiger partial charge in [-0.1, -0.05) is 56.9 Å². The van der Waals surface area contributed by atoms with Gasteiger partial charge in [0.15, 0.2) is 0 Å². The Labute approximate surface area is 130 Å². The van der Waals surface area contributed by atoms with E-state index >= 15 is 0 Å². The molecule has 1 fully saturated rings. The molecule has 0 aliphatic heterocycles. The molecule has 1 heteroatoms. The van der Waals surface area contributed by atoms with Gasteiger partial charge >= 0.3 is 0 Å². The molecular weight excluding hydrogens is 256 g/mol. The number of carbonyl (C=O) groups excluding carboxylic acids is 1. The van der Waals surface area contributed by atoms with Crippen LogP contribution in [0.15, 0.2) is 24.3 Å². The first-order chi connectivity index (χ1) is 10.3. The van der Waals surface area contributed by atoms with E-state index in [1.807, 2.05) is 0 Å². The first-order valence-electron chi connectivity index (χ1n) is 8.86. The molecule has 0 atom stereocenters. The normalized spacial score (nSPS) is 22.1. The molecule has 2 rings (SSSR count). The van der Waals surface area contributed by atoms with E-state index in [9.17, 15) is 4.79 Å². The minimum atomic E-state index is 0.641. The average Bonchev–Trinajstić information content (AvgIpc) is 2.54. The summed E-state index contributed by atoms with van der Waals surface area (Å²) in [5.41, 5.74) is 2.80. The molecule has 0 N–H and O–H groups in total. The van der Waals surface area contributed by atoms with Gasteiger partial charge in [0, 0.05) is 6.42 Å². The fourth-order valence-corrected chi connectivity index (χ4v) is 3.65. The monoisotopic (exact) mass is 286 g/mol. The highest BCUT2D eigenvalue weighted by Crippen LogP contribution is 2.37. The van der Waals surface area contributed by atoms with Crippen LogP contribution >= 0.6 is 0 Å². The third-order valence-corrected chi connectivity index (χ3v) is 5.06. The fourth-order valence-electron chi connectivity index (χ4n) is 3.65. The minimum absolute atomic E-state index is 0.641. The summed E-state index contributed by atoms with van der Waals surface area (Å²) in [4.78, 5) is 10.4. The molecular formula is C20H30O. The summed E-state index contributed by atoms with van der Waals surface area (Å²) in [5, 5.41) is 0. The maximum absolute atomic E-state index is 10.4. The molecule has 1 aromatic rings. The molecule has 116 valence electrons. The van der Waals surface area contributed by atoms with Gasteiger partial charge in [-0.2, -0.15) is 0 Å². The van der Waals surface area contributed by atoms with Gasteiger partial charge in [0.1, 0.15) is 6.29 Å². The van der Waals surface area contributed by atoms with Crippen LogP contribution in [0.1, 0.15) is 81.8 Å². The largest absolute Gasteiger partial charge is 0.303 e. The zero-order valence-electron chi connectivity index (χ0n) is 13.5. The van der Waals surface area contributed by atoms with Gasteiger partial charge in [-0.3, -0.25) is 0 Å². The summed E-state index contributed by atoms with van der Waals surface area (Å²) in [6, 6.07) is 9.02. The summed E-state index contributed by atoms with van der Waals surface area (Å²) in [5.74, 6) is 1.76. The molecule has 1 aromatic carbocycles. The second-order valence-electron chi connectivity index (χ2n) is 6.66. The molecule has 1 saturated carbocycles. The summed E-state index contributed by atoms with van der Waals surface area (Å²) < 4.78 is 0. The third kappa shape index (κ3) is 5.30. The lowest BCUT2D eigenvalue weighted by Gasteiger charge is -2.29. The molecule has 0 unspecified atom stereocenters. The van der Waals surface area contributed by atoms with Gasteiger partial charge in [-0.05, 0) is 55.1 Å². The Bertz CT molecular complexity index is 398. The van der Waals surface area contributed by atoms with Crippen molar-refractivity contribution in [3.63, 3.8) is 0 Å². The van der Waals surface area contributed by atoms with Crippen LogP contribution in [0.4, 0.5) is 0 Å². The number of rotatable bonds is 8. The molecule has 0 bridgehead atoms. The number of benzene rings is 1. The first kappa shape index (κ1) is 16.3. The number of hydrogen-bond acceptors (Lipinski definition) is 1. The molecule has 0 radical (unpaired) electrons. The van der Waals surface area contributed by atoms with Gasteiger partial charge in [-0.25, -0.2) is 0 Å². The molecule has 0 amide bonds. The number of hydrogen-bond donors (Lipinski definition) is 0. The minimum Gasteiger partial charge on any atom is -0.303 e. The van der Waals surface area contributed by atoms with Gasteiger partial charge in [0.25, 0.3) is 0 Å². The highest BCUT2D eigenvalue weighted by molar-refractivity contribution is 5.50. The first-order valence-corrected chi connectivity index (χ1v) is 8.86. The lowest BCUT2D eigenvalue weighted by atomic mass is 9.77. The van der Waals surface area contributed by atoms with Crippen LogP contribution in [-0.2, 0) is 11.2 Å². The SMILES string of the molecule is CCCCCC1CCC(c2ccc(CCC=O)cc2)CC1. The van der Waals surface area contributed by atoms with E-state index in [1.165, 1.54) is 62.5 Å². The number of carbonyl (C=O) groups is 1. The topological polar surface area (TPSA) is 17.1 Å². The van der Waals surface area contributed by atoms with Crippen LogP contribution in [0.2, 0.25) is 0 Å². The molecule has 0 aromatic heterocycles. The van der Waals surface area contributed by atoms with Crippen molar-refractivity contribution < 1.29 is 4.79 Å². The van der Waals surface area contributed by atoms with Crippen molar-refractivity contribution in [1.29, 1.82) is 0 Å². The number of unbranched alkanes of at least 4 members (excludes halogenated alkanes) is 2. The van der Waals surface area contributed by atoms with Crippen LogP contribution in [0.25, 0.3) is 0 Å². The third-order valence-electron chi connectivity index (χ3n) is 5.06. The molecule has 21 heavy (non-hydrogen) atoms. The van der Waals surface area contributed by atoms with Crippen LogP contribution in [0.3, 0.4) is 0 Å². The van der Waals surface area contributed by atoms with Gasteiger partial charge in [-0.15, -0.1) is 0 Å². The standard InChI is InChI=1S/C20H30O/c1-2-3-4-6-17-8-12-19(13-9-17)20-14-10-18(11-15-20)7-5-16-21/h10-11,14-17,19H,2-9,12-13H2,1H3. The Kier molecular flexibility index (Phi) is 6.99. The summed E-state index contributed by atoms with van der Waals surface area (Å²) in [6.45, 7) is 2.29. The second-order valence-corrected chi connectivity index (χ2v) is 6.66.